The van der Waals surface area contributed by atoms with Crippen LogP contribution in [-0.2, 0) is 4.74 Å². The Balaban J connectivity index is 1.86. The third kappa shape index (κ3) is 2.80. The Morgan fingerprint density at radius 2 is 2.00 bits per heavy atom. The zero-order valence-corrected chi connectivity index (χ0v) is 13.4. The molecule has 7 nitrogen and oxygen atoms in total. The van der Waals surface area contributed by atoms with Crippen molar-refractivity contribution >= 4 is 17.4 Å². The zero-order valence-electron chi connectivity index (χ0n) is 13.4. The molecule has 1 aliphatic heterocycles. The number of fused-ring (bicyclic) bond motifs is 1. The van der Waals surface area contributed by atoms with Gasteiger partial charge in [-0.1, -0.05) is 12.1 Å². The summed E-state index contributed by atoms with van der Waals surface area (Å²) in [5.74, 6) is -0.380. The second-order valence-electron chi connectivity index (χ2n) is 5.75. The van der Waals surface area contributed by atoms with Crippen molar-refractivity contribution in [1.29, 1.82) is 0 Å². The summed E-state index contributed by atoms with van der Waals surface area (Å²) in [6, 6.07) is 7.95. The second kappa shape index (κ2) is 6.14. The average molecular weight is 341 g/mol. The van der Waals surface area contributed by atoms with Crippen LogP contribution in [0, 0.1) is 5.82 Å². The monoisotopic (exact) mass is 341 g/mol. The molecule has 128 valence electrons. The number of carbonyl (C=O) groups excluding carboxylic acids is 1. The number of anilines is 1. The number of nitrogens with zero attached hydrogens (tertiary/aromatic N) is 4. The smallest absolute Gasteiger partial charge is 0.252 e. The van der Waals surface area contributed by atoms with Crippen LogP contribution in [0.5, 0.6) is 0 Å². The lowest BCUT2D eigenvalue weighted by molar-refractivity contribution is 0.100. The zero-order chi connectivity index (χ0) is 17.4. The number of nitrogens with two attached hydrogens (primary N) is 1. The molecule has 0 radical (unpaired) electrons. The first-order chi connectivity index (χ1) is 12.1. The van der Waals surface area contributed by atoms with Gasteiger partial charge in [-0.15, -0.1) is 5.10 Å². The highest BCUT2D eigenvalue weighted by Crippen LogP contribution is 2.25. The Hall–Kier alpha value is -3.00. The lowest BCUT2D eigenvalue weighted by atomic mass is 10.1. The van der Waals surface area contributed by atoms with E-state index in [2.05, 4.69) is 10.1 Å². The highest BCUT2D eigenvalue weighted by molar-refractivity contribution is 5.99. The number of rotatable bonds is 3. The molecule has 0 aliphatic carbocycles. The number of aromatic nitrogens is 3. The molecule has 1 amide bonds. The largest absolute Gasteiger partial charge is 0.378 e. The minimum atomic E-state index is -0.604. The van der Waals surface area contributed by atoms with E-state index in [-0.39, 0.29) is 11.4 Å². The summed E-state index contributed by atoms with van der Waals surface area (Å²) in [4.78, 5) is 18.3. The van der Waals surface area contributed by atoms with E-state index in [1.807, 2.05) is 4.90 Å². The predicted molar refractivity (Wildman–Crippen MR) is 89.9 cm³/mol. The van der Waals surface area contributed by atoms with Gasteiger partial charge in [0.15, 0.2) is 11.5 Å². The Morgan fingerprint density at radius 1 is 1.24 bits per heavy atom. The van der Waals surface area contributed by atoms with Crippen LogP contribution >= 0.6 is 0 Å². The quantitative estimate of drug-likeness (QED) is 0.780. The summed E-state index contributed by atoms with van der Waals surface area (Å²) >= 11 is 0. The number of imidazole rings is 1. The number of benzene rings is 1. The van der Waals surface area contributed by atoms with Crippen LogP contribution in [-0.4, -0.2) is 46.8 Å². The number of hydrogen-bond donors (Lipinski definition) is 1. The SMILES string of the molecule is NC(=O)c1cc(N2CCOCC2)nn2cc(-c3ccccc3F)nc12. The van der Waals surface area contributed by atoms with Gasteiger partial charge in [-0.3, -0.25) is 4.79 Å². The molecule has 1 aliphatic rings. The molecule has 0 unspecified atom stereocenters. The highest BCUT2D eigenvalue weighted by atomic mass is 19.1. The third-order valence-electron chi connectivity index (χ3n) is 4.16. The minimum Gasteiger partial charge on any atom is -0.378 e. The highest BCUT2D eigenvalue weighted by Gasteiger charge is 2.20. The van der Waals surface area contributed by atoms with E-state index < -0.39 is 5.91 Å². The van der Waals surface area contributed by atoms with Gasteiger partial charge in [0, 0.05) is 18.7 Å². The number of halogens is 1. The standard InChI is InChI=1S/C17H16FN5O2/c18-13-4-2-1-3-11(13)14-10-23-17(20-14)12(16(19)24)9-15(21-23)22-5-7-25-8-6-22/h1-4,9-10H,5-8H2,(H2,19,24). The van der Waals surface area contributed by atoms with Crippen LogP contribution in [0.1, 0.15) is 10.4 Å². The number of morpholine rings is 1. The molecule has 1 fully saturated rings. The van der Waals surface area contributed by atoms with Gasteiger partial charge in [0.05, 0.1) is 30.7 Å². The van der Waals surface area contributed by atoms with Gasteiger partial charge >= 0.3 is 0 Å². The van der Waals surface area contributed by atoms with E-state index in [1.54, 1.807) is 30.5 Å². The number of carbonyl (C=O) groups is 1. The van der Waals surface area contributed by atoms with Crippen molar-refractivity contribution in [2.24, 2.45) is 5.73 Å². The maximum absolute atomic E-state index is 14.0. The van der Waals surface area contributed by atoms with Crippen LogP contribution in [0.25, 0.3) is 16.9 Å². The first-order valence-corrected chi connectivity index (χ1v) is 7.91. The van der Waals surface area contributed by atoms with Gasteiger partial charge in [-0.25, -0.2) is 13.9 Å². The predicted octanol–water partition coefficient (Wildman–Crippen LogP) is 1.47. The van der Waals surface area contributed by atoms with E-state index in [0.717, 1.165) is 0 Å². The molecule has 3 heterocycles. The van der Waals surface area contributed by atoms with Gasteiger partial charge in [-0.2, -0.15) is 0 Å². The normalized spacial score (nSPS) is 14.8. The van der Waals surface area contributed by atoms with Crippen LogP contribution in [0.2, 0.25) is 0 Å². The molecule has 2 aromatic heterocycles. The summed E-state index contributed by atoms with van der Waals surface area (Å²) in [5.41, 5.74) is 6.82. The number of primary amides is 1. The maximum atomic E-state index is 14.0. The van der Waals surface area contributed by atoms with Crippen LogP contribution in [0.3, 0.4) is 0 Å². The average Bonchev–Trinajstić information content (AvgIpc) is 3.05. The lowest BCUT2D eigenvalue weighted by Crippen LogP contribution is -2.37. The summed E-state index contributed by atoms with van der Waals surface area (Å²) in [6.45, 7) is 2.53. The molecule has 3 aromatic rings. The number of hydrogen-bond acceptors (Lipinski definition) is 5. The fraction of sp³-hybridized carbons (Fsp3) is 0.235. The Morgan fingerprint density at radius 3 is 2.72 bits per heavy atom. The fourth-order valence-corrected chi connectivity index (χ4v) is 2.89. The van der Waals surface area contributed by atoms with E-state index in [4.69, 9.17) is 10.5 Å². The molecule has 0 bridgehead atoms. The number of amides is 1. The molecule has 1 saturated heterocycles. The molecule has 0 saturated carbocycles. The summed E-state index contributed by atoms with van der Waals surface area (Å²) in [6.07, 6.45) is 1.60. The third-order valence-corrected chi connectivity index (χ3v) is 4.16. The van der Waals surface area contributed by atoms with Crippen LogP contribution < -0.4 is 10.6 Å². The molecule has 0 spiro atoms. The molecule has 2 N–H and O–H groups in total. The van der Waals surface area contributed by atoms with Crippen molar-refractivity contribution in [3.8, 4) is 11.3 Å². The molecular weight excluding hydrogens is 325 g/mol. The van der Waals surface area contributed by atoms with Gasteiger partial charge in [0.2, 0.25) is 0 Å². The second-order valence-corrected chi connectivity index (χ2v) is 5.75. The first kappa shape index (κ1) is 15.5. The van der Waals surface area contributed by atoms with Crippen molar-refractivity contribution < 1.29 is 13.9 Å². The van der Waals surface area contributed by atoms with Gasteiger partial charge in [0.1, 0.15) is 5.82 Å². The van der Waals surface area contributed by atoms with Gasteiger partial charge in [-0.05, 0) is 18.2 Å². The van der Waals surface area contributed by atoms with Crippen LogP contribution in [0.4, 0.5) is 10.2 Å². The Kier molecular flexibility index (Phi) is 3.81. The van der Waals surface area contributed by atoms with Gasteiger partial charge < -0.3 is 15.4 Å². The maximum Gasteiger partial charge on any atom is 0.252 e. The molecule has 0 atom stereocenters. The van der Waals surface area contributed by atoms with Crippen molar-refractivity contribution in [3.05, 3.63) is 47.9 Å². The van der Waals surface area contributed by atoms with Crippen molar-refractivity contribution in [1.82, 2.24) is 14.6 Å². The Bertz CT molecular complexity index is 949. The fourth-order valence-electron chi connectivity index (χ4n) is 2.89. The number of ether oxygens (including phenoxy) is 1. The van der Waals surface area contributed by atoms with Crippen molar-refractivity contribution in [2.45, 2.75) is 0 Å². The Labute approximate surface area is 142 Å². The first-order valence-electron chi connectivity index (χ1n) is 7.91. The van der Waals surface area contributed by atoms with E-state index in [0.29, 0.717) is 49.0 Å². The molecule has 4 rings (SSSR count). The van der Waals surface area contributed by atoms with Crippen LogP contribution in [0.15, 0.2) is 36.5 Å². The lowest BCUT2D eigenvalue weighted by Gasteiger charge is -2.27. The van der Waals surface area contributed by atoms with Crippen molar-refractivity contribution in [2.75, 3.05) is 31.2 Å². The summed E-state index contributed by atoms with van der Waals surface area (Å²) < 4.78 is 20.9. The van der Waals surface area contributed by atoms with Crippen molar-refractivity contribution in [3.63, 3.8) is 0 Å². The topological polar surface area (TPSA) is 85.8 Å². The molecule has 25 heavy (non-hydrogen) atoms. The summed E-state index contributed by atoms with van der Waals surface area (Å²) in [5, 5.41) is 4.51. The summed E-state index contributed by atoms with van der Waals surface area (Å²) in [7, 11) is 0. The molecule has 8 heteroatoms. The minimum absolute atomic E-state index is 0.249. The van der Waals surface area contributed by atoms with Gasteiger partial charge in [0.25, 0.3) is 5.91 Å². The molecule has 1 aromatic carbocycles. The van der Waals surface area contributed by atoms with E-state index in [9.17, 15) is 9.18 Å². The van der Waals surface area contributed by atoms with E-state index in [1.165, 1.54) is 10.6 Å². The van der Waals surface area contributed by atoms with E-state index >= 15 is 0 Å². The molecular formula is C17H16FN5O2.